The zero-order chi connectivity index (χ0) is 15.9. The normalized spacial score (nSPS) is 15.4. The zero-order valence-electron chi connectivity index (χ0n) is 13.9. The molecule has 1 amide bonds. The van der Waals surface area contributed by atoms with E-state index in [4.69, 9.17) is 4.74 Å². The van der Waals surface area contributed by atoms with E-state index in [1.54, 1.807) is 18.9 Å². The molecule has 1 aromatic rings. The molecule has 0 atom stereocenters. The van der Waals surface area contributed by atoms with Crippen molar-refractivity contribution in [3.05, 3.63) is 11.4 Å². The van der Waals surface area contributed by atoms with Crippen LogP contribution in [0.3, 0.4) is 0 Å². The van der Waals surface area contributed by atoms with Crippen molar-refractivity contribution in [3.8, 4) is 0 Å². The number of hydrogen-bond donors (Lipinski definition) is 1. The number of aryl methyl sites for hydroxylation is 1. The van der Waals surface area contributed by atoms with Crippen molar-refractivity contribution < 1.29 is 9.53 Å². The van der Waals surface area contributed by atoms with Crippen molar-refractivity contribution >= 4 is 17.7 Å². The quantitative estimate of drug-likeness (QED) is 0.590. The fraction of sp³-hybridized carbons (Fsp3) is 0.750. The van der Waals surface area contributed by atoms with E-state index in [-0.39, 0.29) is 5.91 Å². The summed E-state index contributed by atoms with van der Waals surface area (Å²) in [6.45, 7) is 5.53. The SMILES string of the molecule is COCCCNC(=O)CSc1nc(C)c(C)n1C1CCCC1. The van der Waals surface area contributed by atoms with Gasteiger partial charge in [-0.25, -0.2) is 4.98 Å². The summed E-state index contributed by atoms with van der Waals surface area (Å²) in [5.74, 6) is 0.493. The van der Waals surface area contributed by atoms with Crippen molar-refractivity contribution in [1.29, 1.82) is 0 Å². The average molecular weight is 325 g/mol. The minimum atomic E-state index is 0.0670. The molecule has 6 heteroatoms. The lowest BCUT2D eigenvalue weighted by molar-refractivity contribution is -0.118. The minimum Gasteiger partial charge on any atom is -0.385 e. The Morgan fingerprint density at radius 1 is 1.41 bits per heavy atom. The van der Waals surface area contributed by atoms with Gasteiger partial charge in [-0.2, -0.15) is 0 Å². The fourth-order valence-corrected chi connectivity index (χ4v) is 3.90. The Morgan fingerprint density at radius 3 is 2.82 bits per heavy atom. The molecule has 124 valence electrons. The Bertz CT molecular complexity index is 496. The van der Waals surface area contributed by atoms with Crippen molar-refractivity contribution in [2.24, 2.45) is 0 Å². The molecule has 1 N–H and O–H groups in total. The van der Waals surface area contributed by atoms with Crippen LogP contribution in [-0.2, 0) is 9.53 Å². The van der Waals surface area contributed by atoms with E-state index in [1.165, 1.54) is 31.4 Å². The molecule has 0 radical (unpaired) electrons. The Morgan fingerprint density at radius 2 is 2.14 bits per heavy atom. The molecule has 1 fully saturated rings. The minimum absolute atomic E-state index is 0.0670. The second-order valence-electron chi connectivity index (χ2n) is 5.86. The zero-order valence-corrected chi connectivity index (χ0v) is 14.7. The molecule has 1 saturated carbocycles. The third-order valence-electron chi connectivity index (χ3n) is 4.22. The third kappa shape index (κ3) is 4.49. The molecule has 22 heavy (non-hydrogen) atoms. The lowest BCUT2D eigenvalue weighted by atomic mass is 10.2. The van der Waals surface area contributed by atoms with Gasteiger partial charge in [0.2, 0.25) is 5.91 Å². The van der Waals surface area contributed by atoms with E-state index in [0.717, 1.165) is 17.3 Å². The molecule has 0 saturated heterocycles. The van der Waals surface area contributed by atoms with Crippen LogP contribution in [0, 0.1) is 13.8 Å². The highest BCUT2D eigenvalue weighted by molar-refractivity contribution is 7.99. The van der Waals surface area contributed by atoms with Crippen molar-refractivity contribution in [1.82, 2.24) is 14.9 Å². The first kappa shape index (κ1) is 17.3. The number of carbonyl (C=O) groups is 1. The Hall–Kier alpha value is -1.01. The van der Waals surface area contributed by atoms with E-state index >= 15 is 0 Å². The molecule has 2 rings (SSSR count). The highest BCUT2D eigenvalue weighted by Crippen LogP contribution is 2.35. The molecule has 0 aliphatic heterocycles. The number of nitrogens with zero attached hydrogens (tertiary/aromatic N) is 2. The van der Waals surface area contributed by atoms with Crippen LogP contribution in [0.1, 0.15) is 49.5 Å². The summed E-state index contributed by atoms with van der Waals surface area (Å²) in [6, 6.07) is 0.563. The van der Waals surface area contributed by atoms with E-state index in [2.05, 4.69) is 28.7 Å². The second-order valence-corrected chi connectivity index (χ2v) is 6.80. The van der Waals surface area contributed by atoms with Gasteiger partial charge in [-0.05, 0) is 33.1 Å². The van der Waals surface area contributed by atoms with Crippen LogP contribution in [-0.4, -0.2) is 41.5 Å². The third-order valence-corrected chi connectivity index (χ3v) is 5.18. The Labute approximate surface area is 137 Å². The van der Waals surface area contributed by atoms with Crippen molar-refractivity contribution in [2.45, 2.75) is 57.1 Å². The maximum absolute atomic E-state index is 11.9. The lowest BCUT2D eigenvalue weighted by Crippen LogP contribution is -2.27. The molecule has 5 nitrogen and oxygen atoms in total. The van der Waals surface area contributed by atoms with Gasteiger partial charge in [-0.3, -0.25) is 4.79 Å². The van der Waals surface area contributed by atoms with Crippen LogP contribution in [0.15, 0.2) is 5.16 Å². The van der Waals surface area contributed by atoms with E-state index in [9.17, 15) is 4.79 Å². The van der Waals surface area contributed by atoms with E-state index < -0.39 is 0 Å². The van der Waals surface area contributed by atoms with Gasteiger partial charge in [-0.1, -0.05) is 24.6 Å². The van der Waals surface area contributed by atoms with E-state index in [0.29, 0.717) is 24.9 Å². The first-order valence-corrected chi connectivity index (χ1v) is 9.06. The average Bonchev–Trinajstić information content (AvgIpc) is 3.11. The Kier molecular flexibility index (Phi) is 6.76. The summed E-state index contributed by atoms with van der Waals surface area (Å²) in [4.78, 5) is 16.6. The van der Waals surface area contributed by atoms with Crippen LogP contribution in [0.4, 0.5) is 0 Å². The summed E-state index contributed by atoms with van der Waals surface area (Å²) in [5, 5.41) is 3.92. The van der Waals surface area contributed by atoms with E-state index in [1.807, 2.05) is 0 Å². The number of nitrogens with one attached hydrogen (secondary N) is 1. The molecule has 1 aliphatic rings. The van der Waals surface area contributed by atoms with Crippen molar-refractivity contribution in [2.75, 3.05) is 26.0 Å². The second kappa shape index (κ2) is 8.58. The number of aromatic nitrogens is 2. The molecular formula is C16H27N3O2S. The lowest BCUT2D eigenvalue weighted by Gasteiger charge is -2.16. The number of methoxy groups -OCH3 is 1. The predicted octanol–water partition coefficient (Wildman–Crippen LogP) is 2.86. The van der Waals surface area contributed by atoms with Gasteiger partial charge in [0.05, 0.1) is 11.4 Å². The number of amides is 1. The predicted molar refractivity (Wildman–Crippen MR) is 89.4 cm³/mol. The first-order valence-electron chi connectivity index (χ1n) is 8.07. The maximum Gasteiger partial charge on any atom is 0.230 e. The molecular weight excluding hydrogens is 298 g/mol. The van der Waals surface area contributed by atoms with Crippen LogP contribution in [0.2, 0.25) is 0 Å². The molecule has 0 aromatic carbocycles. The maximum atomic E-state index is 11.9. The highest BCUT2D eigenvalue weighted by Gasteiger charge is 2.23. The van der Waals surface area contributed by atoms with Crippen molar-refractivity contribution in [3.63, 3.8) is 0 Å². The highest BCUT2D eigenvalue weighted by atomic mass is 32.2. The summed E-state index contributed by atoms with van der Waals surface area (Å²) >= 11 is 1.55. The van der Waals surface area contributed by atoms with Crippen LogP contribution in [0.25, 0.3) is 0 Å². The van der Waals surface area contributed by atoms with Gasteiger partial charge in [0, 0.05) is 32.0 Å². The summed E-state index contributed by atoms with van der Waals surface area (Å²) in [6.07, 6.45) is 5.90. The molecule has 0 unspecified atom stereocenters. The van der Waals surface area contributed by atoms with Gasteiger partial charge < -0.3 is 14.6 Å². The van der Waals surface area contributed by atoms with Gasteiger partial charge >= 0.3 is 0 Å². The number of hydrogen-bond acceptors (Lipinski definition) is 4. The fourth-order valence-electron chi connectivity index (χ4n) is 2.92. The topological polar surface area (TPSA) is 56.1 Å². The number of imidazole rings is 1. The van der Waals surface area contributed by atoms with Gasteiger partial charge in [-0.15, -0.1) is 0 Å². The van der Waals surface area contributed by atoms with Gasteiger partial charge in [0.25, 0.3) is 0 Å². The smallest absolute Gasteiger partial charge is 0.230 e. The number of ether oxygens (including phenoxy) is 1. The molecule has 0 bridgehead atoms. The number of carbonyl (C=O) groups excluding carboxylic acids is 1. The molecule has 1 aromatic heterocycles. The summed E-state index contributed by atoms with van der Waals surface area (Å²) in [7, 11) is 1.67. The molecule has 1 heterocycles. The van der Waals surface area contributed by atoms with Gasteiger partial charge in [0.15, 0.2) is 5.16 Å². The standard InChI is InChI=1S/C16H27N3O2S/c1-12-13(2)19(14-7-4-5-8-14)16(18-12)22-11-15(20)17-9-6-10-21-3/h14H,4-11H2,1-3H3,(H,17,20). The summed E-state index contributed by atoms with van der Waals surface area (Å²) in [5.41, 5.74) is 2.32. The Balaban J connectivity index is 1.89. The molecule has 0 spiro atoms. The van der Waals surface area contributed by atoms with Crippen LogP contribution >= 0.6 is 11.8 Å². The van der Waals surface area contributed by atoms with Gasteiger partial charge in [0.1, 0.15) is 0 Å². The van der Waals surface area contributed by atoms with Crippen LogP contribution < -0.4 is 5.32 Å². The molecule has 1 aliphatic carbocycles. The van der Waals surface area contributed by atoms with Crippen LogP contribution in [0.5, 0.6) is 0 Å². The number of rotatable bonds is 8. The number of thioether (sulfide) groups is 1. The first-order chi connectivity index (χ1) is 10.6. The monoisotopic (exact) mass is 325 g/mol. The largest absolute Gasteiger partial charge is 0.385 e. The summed E-state index contributed by atoms with van der Waals surface area (Å²) < 4.78 is 7.32.